The van der Waals surface area contributed by atoms with Crippen molar-refractivity contribution in [2.75, 3.05) is 5.32 Å². The second kappa shape index (κ2) is 3.43. The molecule has 1 aliphatic rings. The molecule has 1 heterocycles. The van der Waals surface area contributed by atoms with E-state index in [-0.39, 0.29) is 0 Å². The Labute approximate surface area is 84.5 Å². The van der Waals surface area contributed by atoms with Gasteiger partial charge in [0.05, 0.1) is 5.69 Å². The average Bonchev–Trinajstić information content (AvgIpc) is 2.24. The SMILES string of the molecule is [N-]=[N+]=NC1C(=O)Nc2ccccc2C1=O. The number of anilines is 1. The summed E-state index contributed by atoms with van der Waals surface area (Å²) < 4.78 is 0. The number of rotatable bonds is 1. The molecule has 0 saturated heterocycles. The molecule has 1 atom stereocenters. The lowest BCUT2D eigenvalue weighted by molar-refractivity contribution is -0.116. The number of Topliss-reactive ketones (excluding diaryl/α,β-unsaturated/α-hetero) is 1. The van der Waals surface area contributed by atoms with E-state index >= 15 is 0 Å². The molecule has 0 radical (unpaired) electrons. The highest BCUT2D eigenvalue weighted by molar-refractivity contribution is 6.23. The average molecular weight is 202 g/mol. The number of ketones is 1. The van der Waals surface area contributed by atoms with Gasteiger partial charge in [0, 0.05) is 10.5 Å². The summed E-state index contributed by atoms with van der Waals surface area (Å²) in [5, 5.41) is 5.66. The molecule has 0 fully saturated rings. The van der Waals surface area contributed by atoms with Crippen LogP contribution < -0.4 is 5.32 Å². The Morgan fingerprint density at radius 1 is 1.33 bits per heavy atom. The molecular formula is C9H6N4O2. The van der Waals surface area contributed by atoms with Crippen LogP contribution in [0.5, 0.6) is 0 Å². The predicted octanol–water partition coefficient (Wildman–Crippen LogP) is 1.50. The highest BCUT2D eigenvalue weighted by Crippen LogP contribution is 2.23. The smallest absolute Gasteiger partial charge is 0.241 e. The topological polar surface area (TPSA) is 94.9 Å². The quantitative estimate of drug-likeness (QED) is 0.323. The summed E-state index contributed by atoms with van der Waals surface area (Å²) >= 11 is 0. The van der Waals surface area contributed by atoms with E-state index in [0.717, 1.165) is 0 Å². The minimum atomic E-state index is -1.29. The molecule has 2 rings (SSSR count). The van der Waals surface area contributed by atoms with Crippen LogP contribution in [-0.2, 0) is 4.79 Å². The highest BCUT2D eigenvalue weighted by Gasteiger charge is 2.32. The lowest BCUT2D eigenvalue weighted by Crippen LogP contribution is -2.38. The second-order valence-corrected chi connectivity index (χ2v) is 3.01. The molecule has 74 valence electrons. The molecule has 6 nitrogen and oxygen atoms in total. The van der Waals surface area contributed by atoms with E-state index in [1.54, 1.807) is 24.3 Å². The van der Waals surface area contributed by atoms with Gasteiger partial charge in [-0.25, -0.2) is 0 Å². The second-order valence-electron chi connectivity index (χ2n) is 3.01. The number of carbonyl (C=O) groups is 2. The molecule has 1 aromatic carbocycles. The standard InChI is InChI=1S/C9H6N4O2/c10-13-12-7-8(14)5-3-1-2-4-6(5)11-9(7)15/h1-4,7H,(H,11,15). The van der Waals surface area contributed by atoms with Crippen LogP contribution in [0.1, 0.15) is 10.4 Å². The van der Waals surface area contributed by atoms with Gasteiger partial charge >= 0.3 is 0 Å². The number of para-hydroxylation sites is 1. The van der Waals surface area contributed by atoms with Crippen LogP contribution >= 0.6 is 0 Å². The molecule has 1 aliphatic heterocycles. The van der Waals surface area contributed by atoms with Crippen LogP contribution in [-0.4, -0.2) is 17.7 Å². The molecule has 0 spiro atoms. The van der Waals surface area contributed by atoms with Gasteiger partial charge in [-0.3, -0.25) is 9.59 Å². The van der Waals surface area contributed by atoms with Crippen molar-refractivity contribution < 1.29 is 9.59 Å². The summed E-state index contributed by atoms with van der Waals surface area (Å²) in [6, 6.07) is 5.31. The van der Waals surface area contributed by atoms with Gasteiger partial charge in [0.2, 0.25) is 5.91 Å². The molecule has 1 aromatic rings. The van der Waals surface area contributed by atoms with Crippen molar-refractivity contribution in [1.29, 1.82) is 0 Å². The number of azide groups is 1. The third-order valence-corrected chi connectivity index (χ3v) is 2.11. The van der Waals surface area contributed by atoms with Gasteiger partial charge in [0.25, 0.3) is 0 Å². The minimum absolute atomic E-state index is 0.370. The van der Waals surface area contributed by atoms with Gasteiger partial charge in [-0.15, -0.1) is 0 Å². The van der Waals surface area contributed by atoms with Crippen LogP contribution in [0.15, 0.2) is 29.4 Å². The Hall–Kier alpha value is -2.33. The molecule has 0 aromatic heterocycles. The van der Waals surface area contributed by atoms with E-state index in [2.05, 4.69) is 15.3 Å². The fraction of sp³-hybridized carbons (Fsp3) is 0.111. The van der Waals surface area contributed by atoms with Crippen molar-refractivity contribution in [1.82, 2.24) is 0 Å². The minimum Gasteiger partial charge on any atom is -0.325 e. The van der Waals surface area contributed by atoms with Gasteiger partial charge in [-0.1, -0.05) is 17.2 Å². The third-order valence-electron chi connectivity index (χ3n) is 2.11. The first kappa shape index (κ1) is 9.23. The van der Waals surface area contributed by atoms with Crippen LogP contribution in [0.25, 0.3) is 10.4 Å². The van der Waals surface area contributed by atoms with E-state index in [4.69, 9.17) is 5.53 Å². The van der Waals surface area contributed by atoms with Crippen molar-refractivity contribution in [3.8, 4) is 0 Å². The van der Waals surface area contributed by atoms with Crippen LogP contribution in [0, 0.1) is 0 Å². The van der Waals surface area contributed by atoms with Crippen LogP contribution in [0.2, 0.25) is 0 Å². The first-order valence-electron chi connectivity index (χ1n) is 4.22. The van der Waals surface area contributed by atoms with Crippen molar-refractivity contribution >= 4 is 17.4 Å². The van der Waals surface area contributed by atoms with Crippen molar-refractivity contribution in [2.24, 2.45) is 5.11 Å². The number of carbonyl (C=O) groups excluding carboxylic acids is 2. The number of hydrogen-bond acceptors (Lipinski definition) is 3. The van der Waals surface area contributed by atoms with E-state index in [1.165, 1.54) is 0 Å². The zero-order valence-electron chi connectivity index (χ0n) is 7.54. The maximum atomic E-state index is 11.7. The first-order chi connectivity index (χ1) is 7.24. The Kier molecular flexibility index (Phi) is 2.11. The summed E-state index contributed by atoms with van der Waals surface area (Å²) in [6.07, 6.45) is 0. The summed E-state index contributed by atoms with van der Waals surface area (Å²) in [6.45, 7) is 0. The lowest BCUT2D eigenvalue weighted by Gasteiger charge is -2.19. The van der Waals surface area contributed by atoms with Gasteiger partial charge in [-0.05, 0) is 17.7 Å². The number of amides is 1. The number of nitrogens with one attached hydrogen (secondary N) is 1. The maximum absolute atomic E-state index is 11.7. The van der Waals surface area contributed by atoms with Crippen LogP contribution in [0.3, 0.4) is 0 Å². The molecule has 0 bridgehead atoms. The number of benzene rings is 1. The van der Waals surface area contributed by atoms with Crippen molar-refractivity contribution in [3.05, 3.63) is 40.3 Å². The molecule has 15 heavy (non-hydrogen) atoms. The van der Waals surface area contributed by atoms with E-state index < -0.39 is 17.7 Å². The monoisotopic (exact) mass is 202 g/mol. The zero-order valence-corrected chi connectivity index (χ0v) is 7.54. The molecular weight excluding hydrogens is 196 g/mol. The van der Waals surface area contributed by atoms with E-state index in [0.29, 0.717) is 11.3 Å². The van der Waals surface area contributed by atoms with Gasteiger partial charge in [-0.2, -0.15) is 0 Å². The van der Waals surface area contributed by atoms with Crippen molar-refractivity contribution in [2.45, 2.75) is 6.04 Å². The molecule has 1 unspecified atom stereocenters. The fourth-order valence-corrected chi connectivity index (χ4v) is 1.43. The van der Waals surface area contributed by atoms with Crippen LogP contribution in [0.4, 0.5) is 5.69 Å². The normalized spacial score (nSPS) is 18.8. The molecule has 0 saturated carbocycles. The number of hydrogen-bond donors (Lipinski definition) is 1. The summed E-state index contributed by atoms with van der Waals surface area (Å²) in [4.78, 5) is 25.5. The number of nitrogens with zero attached hydrogens (tertiary/aromatic N) is 3. The Bertz CT molecular complexity index is 491. The zero-order chi connectivity index (χ0) is 10.8. The van der Waals surface area contributed by atoms with Crippen molar-refractivity contribution in [3.63, 3.8) is 0 Å². The van der Waals surface area contributed by atoms with Gasteiger partial charge < -0.3 is 5.32 Å². The third kappa shape index (κ3) is 1.43. The Morgan fingerprint density at radius 2 is 2.07 bits per heavy atom. The molecule has 1 N–H and O–H groups in total. The van der Waals surface area contributed by atoms with Gasteiger partial charge in [0.1, 0.15) is 0 Å². The molecule has 6 heteroatoms. The van der Waals surface area contributed by atoms with E-state index in [9.17, 15) is 9.59 Å². The summed E-state index contributed by atoms with van der Waals surface area (Å²) in [7, 11) is 0. The number of fused-ring (bicyclic) bond motifs is 1. The highest BCUT2D eigenvalue weighted by atomic mass is 16.2. The predicted molar refractivity (Wildman–Crippen MR) is 52.3 cm³/mol. The summed E-state index contributed by atoms with van der Waals surface area (Å²) in [5.41, 5.74) is 9.05. The fourth-order valence-electron chi connectivity index (χ4n) is 1.43. The molecule has 1 amide bonds. The Morgan fingerprint density at radius 3 is 2.80 bits per heavy atom. The maximum Gasteiger partial charge on any atom is 0.241 e. The lowest BCUT2D eigenvalue weighted by atomic mass is 9.98. The van der Waals surface area contributed by atoms with E-state index in [1.807, 2.05) is 0 Å². The van der Waals surface area contributed by atoms with Gasteiger partial charge in [0.15, 0.2) is 11.8 Å². The first-order valence-corrected chi connectivity index (χ1v) is 4.22. The summed E-state index contributed by atoms with van der Waals surface area (Å²) in [5.74, 6) is -1.05. The Balaban J connectivity index is 2.52. The largest absolute Gasteiger partial charge is 0.325 e. The molecule has 0 aliphatic carbocycles.